The Balaban J connectivity index is 1.33. The molecule has 1 aliphatic heterocycles. The fraction of sp³-hybridized carbons (Fsp3) is 0.280. The lowest BCUT2D eigenvalue weighted by Gasteiger charge is -2.41. The number of para-hydroxylation sites is 3. The number of imidazole rings is 1. The molecule has 9 nitrogen and oxygen atoms in total. The molecule has 35 heavy (non-hydrogen) atoms. The van der Waals surface area contributed by atoms with Crippen molar-refractivity contribution in [1.29, 1.82) is 0 Å². The van der Waals surface area contributed by atoms with Gasteiger partial charge in [0.1, 0.15) is 6.54 Å². The molecule has 180 valence electrons. The summed E-state index contributed by atoms with van der Waals surface area (Å²) in [6, 6.07) is 15.4. The lowest BCUT2D eigenvalue weighted by molar-refractivity contribution is -0.134. The number of rotatable bonds is 5. The minimum absolute atomic E-state index is 0.00621. The number of fused-ring (bicyclic) bond motifs is 1. The predicted molar refractivity (Wildman–Crippen MR) is 136 cm³/mol. The number of amides is 1. The normalized spacial score (nSPS) is 17.0. The Kier molecular flexibility index (Phi) is 6.21. The summed E-state index contributed by atoms with van der Waals surface area (Å²) in [7, 11) is -1.23. The molecule has 2 aromatic heterocycles. The number of aromatic nitrogens is 4. The summed E-state index contributed by atoms with van der Waals surface area (Å²) in [6.07, 6.45) is 4.95. The number of carbonyl (C=O) groups excluding carboxylic acids is 1. The highest BCUT2D eigenvalue weighted by Crippen LogP contribution is 2.31. The number of anilines is 1. The van der Waals surface area contributed by atoms with Crippen molar-refractivity contribution in [3.05, 3.63) is 71.4 Å². The van der Waals surface area contributed by atoms with Gasteiger partial charge in [-0.1, -0.05) is 30.3 Å². The number of hydrogen-bond acceptors (Lipinski definition) is 6. The third kappa shape index (κ3) is 4.49. The molecule has 3 heterocycles. The summed E-state index contributed by atoms with van der Waals surface area (Å²) >= 11 is 0. The highest BCUT2D eigenvalue weighted by atomic mass is 32.2. The van der Waals surface area contributed by atoms with Gasteiger partial charge < -0.3 is 14.8 Å². The minimum Gasteiger partial charge on any atom is -0.367 e. The summed E-state index contributed by atoms with van der Waals surface area (Å²) in [5.41, 5.74) is 4.04. The highest BCUT2D eigenvalue weighted by Gasteiger charge is 2.29. The topological polar surface area (TPSA) is 104 Å². The van der Waals surface area contributed by atoms with Gasteiger partial charge in [0.05, 0.1) is 21.8 Å². The maximum Gasteiger partial charge on any atom is 0.326 e. The van der Waals surface area contributed by atoms with Gasteiger partial charge in [-0.25, -0.2) is 14.8 Å². The Morgan fingerprint density at radius 1 is 1.09 bits per heavy atom. The third-order valence-electron chi connectivity index (χ3n) is 6.36. The molecule has 1 saturated heterocycles. The van der Waals surface area contributed by atoms with Crippen LogP contribution in [0.25, 0.3) is 22.2 Å². The second kappa shape index (κ2) is 9.46. The quantitative estimate of drug-likeness (QED) is 0.431. The van der Waals surface area contributed by atoms with Crippen LogP contribution < -0.4 is 10.6 Å². The van der Waals surface area contributed by atoms with Crippen molar-refractivity contribution in [2.75, 3.05) is 30.8 Å². The van der Waals surface area contributed by atoms with E-state index in [1.54, 1.807) is 18.6 Å². The summed E-state index contributed by atoms with van der Waals surface area (Å²) in [5, 5.41) is 0.307. The minimum atomic E-state index is -1.23. The molecule has 0 spiro atoms. The standard InChI is InChI=1S/C25H26N6O3S/c1-17-15-29(21-9-5-3-7-19(21)18-13-26-24(27-14-18)35(2)34)11-12-30(17)23(32)16-31-22-10-6-4-8-20(22)28-25(31)33/h3-10,13-14,17H,11-12,15-16H2,1-2H3,(H,28,33). The molecule has 2 aromatic carbocycles. The van der Waals surface area contributed by atoms with E-state index in [1.165, 1.54) is 4.57 Å². The number of H-pyrrole nitrogens is 1. The van der Waals surface area contributed by atoms with Crippen molar-refractivity contribution >= 4 is 33.4 Å². The number of benzene rings is 2. The van der Waals surface area contributed by atoms with E-state index in [2.05, 4.69) is 25.9 Å². The van der Waals surface area contributed by atoms with Crippen LogP contribution in [-0.4, -0.2) is 66.5 Å². The van der Waals surface area contributed by atoms with Crippen LogP contribution in [0.5, 0.6) is 0 Å². The Hall–Kier alpha value is -3.79. The van der Waals surface area contributed by atoms with Crippen LogP contribution in [0.4, 0.5) is 5.69 Å². The average molecular weight is 491 g/mol. The molecule has 1 aliphatic rings. The number of hydrogen-bond donors (Lipinski definition) is 1. The molecule has 1 amide bonds. The van der Waals surface area contributed by atoms with Crippen LogP contribution in [0.3, 0.4) is 0 Å². The summed E-state index contributed by atoms with van der Waals surface area (Å²) < 4.78 is 13.1. The van der Waals surface area contributed by atoms with E-state index in [0.717, 1.165) is 27.8 Å². The molecule has 0 bridgehead atoms. The molecule has 2 atom stereocenters. The summed E-state index contributed by atoms with van der Waals surface area (Å²) in [4.78, 5) is 41.0. The third-order valence-corrected chi connectivity index (χ3v) is 7.09. The van der Waals surface area contributed by atoms with E-state index >= 15 is 0 Å². The monoisotopic (exact) mass is 490 g/mol. The van der Waals surface area contributed by atoms with Crippen molar-refractivity contribution in [3.8, 4) is 11.1 Å². The van der Waals surface area contributed by atoms with Crippen LogP contribution in [0.1, 0.15) is 6.92 Å². The SMILES string of the molecule is CC1CN(c2ccccc2-c2cnc(S(C)=O)nc2)CCN1C(=O)Cn1c(=O)[nH]c2ccccc21. The lowest BCUT2D eigenvalue weighted by Crippen LogP contribution is -2.55. The molecule has 4 aromatic rings. The van der Waals surface area contributed by atoms with Crippen LogP contribution >= 0.6 is 0 Å². The fourth-order valence-corrected chi connectivity index (χ4v) is 5.04. The van der Waals surface area contributed by atoms with Gasteiger partial charge in [0.25, 0.3) is 0 Å². The number of carbonyl (C=O) groups is 1. The van der Waals surface area contributed by atoms with Crippen LogP contribution in [0.2, 0.25) is 0 Å². The van der Waals surface area contributed by atoms with E-state index in [-0.39, 0.29) is 24.2 Å². The van der Waals surface area contributed by atoms with E-state index in [9.17, 15) is 13.8 Å². The predicted octanol–water partition coefficient (Wildman–Crippen LogP) is 2.26. The lowest BCUT2D eigenvalue weighted by atomic mass is 10.0. The Bertz CT molecular complexity index is 1460. The van der Waals surface area contributed by atoms with Crippen molar-refractivity contribution in [2.45, 2.75) is 24.7 Å². The van der Waals surface area contributed by atoms with Crippen LogP contribution in [0.15, 0.2) is 70.9 Å². The van der Waals surface area contributed by atoms with Gasteiger partial charge in [-0.3, -0.25) is 13.6 Å². The van der Waals surface area contributed by atoms with Crippen molar-refractivity contribution in [2.24, 2.45) is 0 Å². The second-order valence-corrected chi connectivity index (χ2v) is 9.91. The van der Waals surface area contributed by atoms with Crippen LogP contribution in [-0.2, 0) is 22.1 Å². The molecule has 0 radical (unpaired) electrons. The zero-order chi connectivity index (χ0) is 24.5. The van der Waals surface area contributed by atoms with E-state index in [0.29, 0.717) is 24.8 Å². The second-order valence-electron chi connectivity index (χ2n) is 8.64. The first-order chi connectivity index (χ1) is 16.9. The first kappa shape index (κ1) is 23.0. The number of aromatic amines is 1. The van der Waals surface area contributed by atoms with Gasteiger partial charge in [-0.15, -0.1) is 0 Å². The zero-order valence-electron chi connectivity index (χ0n) is 19.5. The molecular formula is C25H26N6O3S. The largest absolute Gasteiger partial charge is 0.367 e. The summed E-state index contributed by atoms with van der Waals surface area (Å²) in [6.45, 7) is 3.90. The van der Waals surface area contributed by atoms with Gasteiger partial charge >= 0.3 is 5.69 Å². The van der Waals surface area contributed by atoms with Crippen molar-refractivity contribution in [3.63, 3.8) is 0 Å². The van der Waals surface area contributed by atoms with E-state index in [1.807, 2.05) is 54.3 Å². The smallest absolute Gasteiger partial charge is 0.326 e. The summed E-state index contributed by atoms with van der Waals surface area (Å²) in [5.74, 6) is -0.0751. The van der Waals surface area contributed by atoms with Gasteiger partial charge in [0.15, 0.2) is 0 Å². The Morgan fingerprint density at radius 3 is 2.54 bits per heavy atom. The van der Waals surface area contributed by atoms with Gasteiger partial charge in [0.2, 0.25) is 11.1 Å². The van der Waals surface area contributed by atoms with Crippen molar-refractivity contribution in [1.82, 2.24) is 24.4 Å². The zero-order valence-corrected chi connectivity index (χ0v) is 20.4. The van der Waals surface area contributed by atoms with Gasteiger partial charge in [0, 0.05) is 61.1 Å². The van der Waals surface area contributed by atoms with Gasteiger partial charge in [-0.2, -0.15) is 0 Å². The first-order valence-corrected chi connectivity index (χ1v) is 12.9. The van der Waals surface area contributed by atoms with Gasteiger partial charge in [-0.05, 0) is 25.1 Å². The molecule has 1 N–H and O–H groups in total. The Morgan fingerprint density at radius 2 is 1.80 bits per heavy atom. The fourth-order valence-electron chi connectivity index (χ4n) is 4.63. The average Bonchev–Trinajstić information content (AvgIpc) is 3.18. The van der Waals surface area contributed by atoms with Crippen LogP contribution in [0, 0.1) is 0 Å². The molecular weight excluding hydrogens is 464 g/mol. The maximum atomic E-state index is 13.2. The molecule has 0 aliphatic carbocycles. The molecule has 0 saturated carbocycles. The highest BCUT2D eigenvalue weighted by molar-refractivity contribution is 7.84. The number of piperazine rings is 1. The number of nitrogens with one attached hydrogen (secondary N) is 1. The molecule has 10 heteroatoms. The molecule has 5 rings (SSSR count). The molecule has 2 unspecified atom stereocenters. The first-order valence-electron chi connectivity index (χ1n) is 11.4. The Labute approximate surface area is 204 Å². The maximum absolute atomic E-state index is 13.2. The molecule has 1 fully saturated rings. The van der Waals surface area contributed by atoms with Crippen molar-refractivity contribution < 1.29 is 9.00 Å². The van der Waals surface area contributed by atoms with E-state index < -0.39 is 10.8 Å². The number of nitrogens with zero attached hydrogens (tertiary/aromatic N) is 5. The van der Waals surface area contributed by atoms with E-state index in [4.69, 9.17) is 0 Å².